The summed E-state index contributed by atoms with van der Waals surface area (Å²) in [6.07, 6.45) is 6.76. The van der Waals surface area contributed by atoms with E-state index in [0.29, 0.717) is 20.6 Å². The maximum atomic E-state index is 6.15. The summed E-state index contributed by atoms with van der Waals surface area (Å²) in [5.41, 5.74) is 0.626. The van der Waals surface area contributed by atoms with Crippen molar-refractivity contribution in [3.63, 3.8) is 0 Å². The zero-order valence-electron chi connectivity index (χ0n) is 8.07. The quantitative estimate of drug-likeness (QED) is 0.794. The molecule has 0 saturated carbocycles. The lowest BCUT2D eigenvalue weighted by atomic mass is 10.2. The molecule has 0 aliphatic heterocycles. The Morgan fingerprint density at radius 1 is 1.25 bits per heavy atom. The maximum Gasteiger partial charge on any atom is 0.0987 e. The lowest BCUT2D eigenvalue weighted by Gasteiger charge is -2.05. The Bertz CT molecular complexity index is 498. The van der Waals surface area contributed by atoms with Gasteiger partial charge in [-0.05, 0) is 12.1 Å². The average Bonchev–Trinajstić information content (AvgIpc) is 2.70. The fraction of sp³-hybridized carbons (Fsp3) is 0. The fourth-order valence-electron chi connectivity index (χ4n) is 1.27. The van der Waals surface area contributed by atoms with Gasteiger partial charge >= 0.3 is 0 Å². The Kier molecular flexibility index (Phi) is 3.54. The molecule has 0 unspecified atom stereocenters. The zero-order valence-corrected chi connectivity index (χ0v) is 10.3. The van der Waals surface area contributed by atoms with Crippen molar-refractivity contribution in [2.75, 3.05) is 0 Å². The van der Waals surface area contributed by atoms with Gasteiger partial charge in [-0.25, -0.2) is 4.98 Å². The monoisotopic (exact) mass is 272 g/mol. The van der Waals surface area contributed by atoms with E-state index >= 15 is 0 Å². The number of rotatable bonds is 2. The number of imidazole rings is 1. The number of benzene rings is 1. The van der Waals surface area contributed by atoms with Gasteiger partial charge in [-0.1, -0.05) is 40.9 Å². The first-order valence-electron chi connectivity index (χ1n) is 4.47. The van der Waals surface area contributed by atoms with Gasteiger partial charge in [0, 0.05) is 24.2 Å². The van der Waals surface area contributed by atoms with Crippen molar-refractivity contribution < 1.29 is 0 Å². The molecule has 2 nitrogen and oxygen atoms in total. The third-order valence-corrected chi connectivity index (χ3v) is 2.91. The molecular weight excluding hydrogens is 266 g/mol. The molecule has 0 radical (unpaired) electrons. The molecule has 0 bridgehead atoms. The molecule has 16 heavy (non-hydrogen) atoms. The van der Waals surface area contributed by atoms with E-state index in [4.69, 9.17) is 34.8 Å². The second kappa shape index (κ2) is 4.91. The molecule has 0 N–H and O–H groups in total. The molecule has 5 heteroatoms. The van der Waals surface area contributed by atoms with Gasteiger partial charge in [0.2, 0.25) is 0 Å². The second-order valence-electron chi connectivity index (χ2n) is 3.08. The highest BCUT2D eigenvalue weighted by atomic mass is 35.5. The first kappa shape index (κ1) is 11.5. The van der Waals surface area contributed by atoms with Crippen LogP contribution < -0.4 is 0 Å². The van der Waals surface area contributed by atoms with E-state index in [-0.39, 0.29) is 0 Å². The van der Waals surface area contributed by atoms with Crippen molar-refractivity contribution in [2.45, 2.75) is 0 Å². The predicted molar refractivity (Wildman–Crippen MR) is 68.7 cm³/mol. The minimum Gasteiger partial charge on any atom is -0.312 e. The van der Waals surface area contributed by atoms with Crippen molar-refractivity contribution in [1.82, 2.24) is 9.55 Å². The molecule has 1 aromatic heterocycles. The third-order valence-electron chi connectivity index (χ3n) is 1.99. The second-order valence-corrected chi connectivity index (χ2v) is 4.31. The number of nitrogens with zero attached hydrogens (tertiary/aromatic N) is 2. The van der Waals surface area contributed by atoms with Gasteiger partial charge in [-0.3, -0.25) is 0 Å². The number of hydrogen-bond acceptors (Lipinski definition) is 1. The lowest BCUT2D eigenvalue weighted by Crippen LogP contribution is -1.85. The van der Waals surface area contributed by atoms with Gasteiger partial charge in [0.05, 0.1) is 21.4 Å². The van der Waals surface area contributed by atoms with Crippen LogP contribution in [0.4, 0.5) is 0 Å². The lowest BCUT2D eigenvalue weighted by molar-refractivity contribution is 1.14. The zero-order chi connectivity index (χ0) is 11.5. The van der Waals surface area contributed by atoms with E-state index in [1.54, 1.807) is 47.7 Å². The van der Waals surface area contributed by atoms with Crippen LogP contribution in [0, 0.1) is 0 Å². The van der Waals surface area contributed by atoms with Crippen LogP contribution in [-0.2, 0) is 0 Å². The van der Waals surface area contributed by atoms with Crippen LogP contribution in [0.25, 0.3) is 11.2 Å². The summed E-state index contributed by atoms with van der Waals surface area (Å²) in [5, 5.41) is 1.51. The highest BCUT2D eigenvalue weighted by molar-refractivity contribution is 6.54. The molecule has 2 aromatic rings. The van der Waals surface area contributed by atoms with E-state index in [0.717, 1.165) is 0 Å². The van der Waals surface area contributed by atoms with Crippen LogP contribution in [-0.4, -0.2) is 9.55 Å². The van der Waals surface area contributed by atoms with E-state index in [1.807, 2.05) is 0 Å². The summed E-state index contributed by atoms with van der Waals surface area (Å²) >= 11 is 18.2. The standard InChI is InChI=1S/C11H7Cl3N2/c12-8-2-1-3-9(13)11(8)10(14)6-16-5-4-15-7-16/h1-7H. The molecule has 0 aliphatic rings. The summed E-state index contributed by atoms with van der Waals surface area (Å²) in [4.78, 5) is 3.91. The van der Waals surface area contributed by atoms with Crippen molar-refractivity contribution in [2.24, 2.45) is 0 Å². The van der Waals surface area contributed by atoms with Crippen LogP contribution in [0.15, 0.2) is 36.9 Å². The number of aromatic nitrogens is 2. The van der Waals surface area contributed by atoms with Crippen molar-refractivity contribution in [3.05, 3.63) is 52.5 Å². The van der Waals surface area contributed by atoms with Crippen LogP contribution in [0.3, 0.4) is 0 Å². The van der Waals surface area contributed by atoms with Crippen LogP contribution in [0.5, 0.6) is 0 Å². The summed E-state index contributed by atoms with van der Waals surface area (Å²) in [5.74, 6) is 0. The summed E-state index contributed by atoms with van der Waals surface area (Å²) in [6.45, 7) is 0. The largest absolute Gasteiger partial charge is 0.312 e. The molecule has 0 saturated heterocycles. The Hall–Kier alpha value is -0.960. The first-order valence-corrected chi connectivity index (χ1v) is 5.61. The van der Waals surface area contributed by atoms with Crippen LogP contribution in [0.1, 0.15) is 5.56 Å². The Labute approximate surface area is 108 Å². The van der Waals surface area contributed by atoms with E-state index in [9.17, 15) is 0 Å². The van der Waals surface area contributed by atoms with Gasteiger partial charge < -0.3 is 4.57 Å². The Morgan fingerprint density at radius 3 is 2.50 bits per heavy atom. The van der Waals surface area contributed by atoms with E-state index in [1.165, 1.54) is 0 Å². The molecule has 2 rings (SSSR count). The van der Waals surface area contributed by atoms with Crippen molar-refractivity contribution in [3.8, 4) is 0 Å². The van der Waals surface area contributed by atoms with Crippen LogP contribution >= 0.6 is 34.8 Å². The van der Waals surface area contributed by atoms with Gasteiger partial charge in [0.25, 0.3) is 0 Å². The van der Waals surface area contributed by atoms with Gasteiger partial charge in [0.15, 0.2) is 0 Å². The molecule has 0 fully saturated rings. The minimum atomic E-state index is 0.466. The smallest absolute Gasteiger partial charge is 0.0987 e. The van der Waals surface area contributed by atoms with Gasteiger partial charge in [-0.2, -0.15) is 0 Å². The molecule has 1 heterocycles. The highest BCUT2D eigenvalue weighted by Gasteiger charge is 2.08. The number of halogens is 3. The highest BCUT2D eigenvalue weighted by Crippen LogP contribution is 2.33. The predicted octanol–water partition coefficient (Wildman–Crippen LogP) is 4.38. The maximum absolute atomic E-state index is 6.15. The normalized spacial score (nSPS) is 11.8. The molecule has 0 amide bonds. The Morgan fingerprint density at radius 2 is 1.94 bits per heavy atom. The minimum absolute atomic E-state index is 0.466. The van der Waals surface area contributed by atoms with Crippen LogP contribution in [0.2, 0.25) is 10.0 Å². The summed E-state index contributed by atoms with van der Waals surface area (Å²) in [6, 6.07) is 5.26. The van der Waals surface area contributed by atoms with Gasteiger partial charge in [0.1, 0.15) is 0 Å². The molecule has 0 spiro atoms. The first-order chi connectivity index (χ1) is 7.68. The Balaban J connectivity index is 2.45. The van der Waals surface area contributed by atoms with Gasteiger partial charge in [-0.15, -0.1) is 0 Å². The SMILES string of the molecule is ClC(=Cn1ccnc1)c1c(Cl)cccc1Cl. The molecule has 1 aromatic carbocycles. The number of hydrogen-bond donors (Lipinski definition) is 0. The average molecular weight is 274 g/mol. The molecule has 0 aliphatic carbocycles. The summed E-state index contributed by atoms with van der Waals surface area (Å²) < 4.78 is 1.72. The molecule has 0 atom stereocenters. The molecular formula is C11H7Cl3N2. The fourth-order valence-corrected chi connectivity index (χ4v) is 2.28. The van der Waals surface area contributed by atoms with Crippen molar-refractivity contribution >= 4 is 46.0 Å². The third kappa shape index (κ3) is 2.40. The van der Waals surface area contributed by atoms with Crippen molar-refractivity contribution in [1.29, 1.82) is 0 Å². The summed E-state index contributed by atoms with van der Waals surface area (Å²) in [7, 11) is 0. The van der Waals surface area contributed by atoms with E-state index < -0.39 is 0 Å². The van der Waals surface area contributed by atoms with E-state index in [2.05, 4.69) is 4.98 Å². The molecule has 82 valence electrons. The topological polar surface area (TPSA) is 17.8 Å².